The molecule has 7 atom stereocenters. The van der Waals surface area contributed by atoms with Crippen molar-refractivity contribution >= 4 is 39.5 Å². The minimum absolute atomic E-state index is 0.107. The SMILES string of the molecule is CCC(C)CCCCCCCCCCCCCCCCCCCCC(=O)O[C@H](COC(=O)CCCCCCCCCCCCCCCCCC(C)C)COP(=O)(O)OC[C@@H](O)COP(=O)(O)OC[C@@H](COC(=O)CCCCCCCCCCC(C)C)OC(=O)CCCCCCCCCCCCCCCCC(C)CC. The zero-order valence-corrected chi connectivity index (χ0v) is 74.0. The topological polar surface area (TPSA) is 237 Å². The van der Waals surface area contributed by atoms with Crippen LogP contribution in [-0.2, 0) is 65.4 Å². The molecule has 3 N–H and O–H groups in total. The Bertz CT molecular complexity index is 2110. The lowest BCUT2D eigenvalue weighted by atomic mass is 9.99. The molecule has 0 spiro atoms. The van der Waals surface area contributed by atoms with Crippen LogP contribution in [0.15, 0.2) is 0 Å². The summed E-state index contributed by atoms with van der Waals surface area (Å²) < 4.78 is 69.0. The van der Waals surface area contributed by atoms with Gasteiger partial charge in [-0.2, -0.15) is 0 Å². The maximum Gasteiger partial charge on any atom is 0.472 e. The zero-order valence-electron chi connectivity index (χ0n) is 72.2. The molecule has 0 saturated carbocycles. The highest BCUT2D eigenvalue weighted by Crippen LogP contribution is 2.45. The van der Waals surface area contributed by atoms with Gasteiger partial charge in [0.05, 0.1) is 26.4 Å². The monoisotopic (exact) mass is 1590 g/mol. The largest absolute Gasteiger partial charge is 0.472 e. The molecular weight excluding hydrogens is 1410 g/mol. The van der Waals surface area contributed by atoms with Crippen molar-refractivity contribution < 1.29 is 80.2 Å². The molecule has 0 bridgehead atoms. The van der Waals surface area contributed by atoms with E-state index in [4.69, 9.17) is 37.0 Å². The third kappa shape index (κ3) is 81.0. The van der Waals surface area contributed by atoms with E-state index in [2.05, 4.69) is 55.4 Å². The second kappa shape index (κ2) is 78.6. The number of carbonyl (C=O) groups excluding carboxylic acids is 4. The molecule has 0 aliphatic rings. The number of hydrogen-bond acceptors (Lipinski definition) is 15. The van der Waals surface area contributed by atoms with Gasteiger partial charge >= 0.3 is 39.5 Å². The predicted molar refractivity (Wildman–Crippen MR) is 451 cm³/mol. The van der Waals surface area contributed by atoms with Crippen LogP contribution in [0.2, 0.25) is 0 Å². The first kappa shape index (κ1) is 107. The fourth-order valence-electron chi connectivity index (χ4n) is 14.0. The summed E-state index contributed by atoms with van der Waals surface area (Å²) in [6, 6.07) is 0. The first-order valence-corrected chi connectivity index (χ1v) is 49.3. The van der Waals surface area contributed by atoms with E-state index < -0.39 is 97.5 Å². The quantitative estimate of drug-likeness (QED) is 0.0222. The summed E-state index contributed by atoms with van der Waals surface area (Å²) in [5.74, 6) is 1.15. The first-order valence-electron chi connectivity index (χ1n) is 46.3. The van der Waals surface area contributed by atoms with Crippen LogP contribution in [0.3, 0.4) is 0 Å². The van der Waals surface area contributed by atoms with Crippen LogP contribution < -0.4 is 0 Å². The summed E-state index contributed by atoms with van der Waals surface area (Å²) in [4.78, 5) is 73.4. The van der Waals surface area contributed by atoms with Gasteiger partial charge in [-0.1, -0.05) is 421 Å². The second-order valence-electron chi connectivity index (χ2n) is 33.8. The van der Waals surface area contributed by atoms with Crippen LogP contribution >= 0.6 is 15.6 Å². The van der Waals surface area contributed by atoms with Gasteiger partial charge in [0.1, 0.15) is 19.3 Å². The maximum atomic E-state index is 13.2. The number of hydrogen-bond donors (Lipinski definition) is 3. The van der Waals surface area contributed by atoms with Crippen molar-refractivity contribution in [3.05, 3.63) is 0 Å². The third-order valence-corrected chi connectivity index (χ3v) is 23.7. The van der Waals surface area contributed by atoms with Gasteiger partial charge in [-0.15, -0.1) is 0 Å². The van der Waals surface area contributed by atoms with Crippen LogP contribution in [0.1, 0.15) is 473 Å². The van der Waals surface area contributed by atoms with Crippen molar-refractivity contribution in [3.63, 3.8) is 0 Å². The second-order valence-corrected chi connectivity index (χ2v) is 36.7. The van der Waals surface area contributed by atoms with Gasteiger partial charge in [-0.25, -0.2) is 9.13 Å². The minimum atomic E-state index is -4.97. The van der Waals surface area contributed by atoms with Gasteiger partial charge < -0.3 is 33.8 Å². The average Bonchev–Trinajstić information content (AvgIpc) is 0.899. The Morgan fingerprint density at radius 3 is 0.651 bits per heavy atom. The number of phosphoric ester groups is 2. The van der Waals surface area contributed by atoms with E-state index in [1.807, 2.05) is 0 Å². The molecule has 0 amide bonds. The molecule has 19 heteroatoms. The van der Waals surface area contributed by atoms with E-state index in [1.165, 1.54) is 276 Å². The molecule has 0 aromatic rings. The number of ether oxygens (including phenoxy) is 4. The lowest BCUT2D eigenvalue weighted by Crippen LogP contribution is -2.30. The molecular formula is C90H176O17P2. The lowest BCUT2D eigenvalue weighted by Gasteiger charge is -2.21. The number of phosphoric acid groups is 2. The van der Waals surface area contributed by atoms with E-state index in [9.17, 15) is 43.2 Å². The van der Waals surface area contributed by atoms with Gasteiger partial charge in [-0.05, 0) is 49.4 Å². The van der Waals surface area contributed by atoms with Gasteiger partial charge in [0.15, 0.2) is 12.2 Å². The lowest BCUT2D eigenvalue weighted by molar-refractivity contribution is -0.161. The van der Waals surface area contributed by atoms with Crippen molar-refractivity contribution in [2.75, 3.05) is 39.6 Å². The summed E-state index contributed by atoms with van der Waals surface area (Å²) >= 11 is 0. The van der Waals surface area contributed by atoms with Crippen LogP contribution in [0, 0.1) is 23.7 Å². The summed E-state index contributed by atoms with van der Waals surface area (Å²) in [7, 11) is -9.94. The molecule has 17 nitrogen and oxygen atoms in total. The first-order chi connectivity index (χ1) is 52.7. The summed E-state index contributed by atoms with van der Waals surface area (Å²) in [6.07, 6.45) is 69.4. The Morgan fingerprint density at radius 1 is 0.257 bits per heavy atom. The highest BCUT2D eigenvalue weighted by Gasteiger charge is 2.31. The van der Waals surface area contributed by atoms with Crippen molar-refractivity contribution in [2.45, 2.75) is 491 Å². The smallest absolute Gasteiger partial charge is 0.462 e. The predicted octanol–water partition coefficient (Wildman–Crippen LogP) is 27.5. The average molecular weight is 1590 g/mol. The normalized spacial score (nSPS) is 14.4. The van der Waals surface area contributed by atoms with E-state index in [-0.39, 0.29) is 25.7 Å². The molecule has 0 aliphatic heterocycles. The molecule has 109 heavy (non-hydrogen) atoms. The highest BCUT2D eigenvalue weighted by atomic mass is 31.2. The molecule has 0 fully saturated rings. The van der Waals surface area contributed by atoms with Crippen molar-refractivity contribution in [3.8, 4) is 0 Å². The molecule has 0 aliphatic carbocycles. The summed E-state index contributed by atoms with van der Waals surface area (Å²) in [6.45, 7) is 14.4. The van der Waals surface area contributed by atoms with Gasteiger partial charge in [0.25, 0.3) is 0 Å². The molecule has 0 rings (SSSR count). The fraction of sp³-hybridized carbons (Fsp3) is 0.956. The highest BCUT2D eigenvalue weighted by molar-refractivity contribution is 7.47. The maximum absolute atomic E-state index is 13.2. The van der Waals surface area contributed by atoms with Crippen LogP contribution in [0.4, 0.5) is 0 Å². The number of esters is 4. The van der Waals surface area contributed by atoms with Crippen molar-refractivity contribution in [1.29, 1.82) is 0 Å². The van der Waals surface area contributed by atoms with E-state index >= 15 is 0 Å². The summed E-state index contributed by atoms with van der Waals surface area (Å²) in [5, 5.41) is 10.7. The zero-order chi connectivity index (χ0) is 80.2. The molecule has 648 valence electrons. The van der Waals surface area contributed by atoms with E-state index in [1.54, 1.807) is 0 Å². The molecule has 0 heterocycles. The van der Waals surface area contributed by atoms with Crippen LogP contribution in [0.5, 0.6) is 0 Å². The minimum Gasteiger partial charge on any atom is -0.462 e. The number of unbranched alkanes of at least 4 members (excludes halogenated alkanes) is 51. The number of aliphatic hydroxyl groups excluding tert-OH is 1. The number of carbonyl (C=O) groups is 4. The van der Waals surface area contributed by atoms with Crippen LogP contribution in [0.25, 0.3) is 0 Å². The molecule has 4 unspecified atom stereocenters. The van der Waals surface area contributed by atoms with Crippen LogP contribution in [-0.4, -0.2) is 96.7 Å². The van der Waals surface area contributed by atoms with Gasteiger partial charge in [-0.3, -0.25) is 37.3 Å². The van der Waals surface area contributed by atoms with Crippen molar-refractivity contribution in [1.82, 2.24) is 0 Å². The third-order valence-electron chi connectivity index (χ3n) is 21.8. The molecule has 0 aromatic heterocycles. The Labute approximate surface area is 670 Å². The van der Waals surface area contributed by atoms with E-state index in [0.29, 0.717) is 25.7 Å². The van der Waals surface area contributed by atoms with Crippen molar-refractivity contribution in [2.24, 2.45) is 23.7 Å². The molecule has 0 saturated heterocycles. The Morgan fingerprint density at radius 2 is 0.440 bits per heavy atom. The Balaban J connectivity index is 5.24. The fourth-order valence-corrected chi connectivity index (χ4v) is 15.5. The van der Waals surface area contributed by atoms with Gasteiger partial charge in [0, 0.05) is 25.7 Å². The number of aliphatic hydroxyl groups is 1. The summed E-state index contributed by atoms with van der Waals surface area (Å²) in [5.41, 5.74) is 0. The molecule has 0 radical (unpaired) electrons. The Kier molecular flexibility index (Phi) is 77.2. The Hall–Kier alpha value is -1.94. The molecule has 0 aromatic carbocycles. The van der Waals surface area contributed by atoms with E-state index in [0.717, 1.165) is 114 Å². The number of rotatable bonds is 87. The standard InChI is InChI=1S/C90H176O17P2/c1-9-82(7)68-60-52-44-35-29-23-17-13-11-12-14-18-26-32-38-48-56-64-72-89(94)106-85(76-100-87(92)70-62-54-46-37-31-25-19-15-16-22-28-34-42-50-58-66-80(3)4)78-104-108(96,97)102-74-84(91)75-103-109(98,99)105-79-86(77-101-88(93)71-63-55-47-41-40-43-51-59-67-81(5)6)107-90(95)73-65-57-49-39-33-27-21-20-24-30-36-45-53-61-69-83(8)10-2/h80-86,91H,9-79H2,1-8H3,(H,96,97)(H,98,99)/t82?,83?,84-,85-,86-/m1/s1. The van der Waals surface area contributed by atoms with Gasteiger partial charge in [0.2, 0.25) is 0 Å².